The number of aromatic nitrogens is 1. The topological polar surface area (TPSA) is 42.0 Å². The van der Waals surface area contributed by atoms with Crippen LogP contribution in [0.25, 0.3) is 20.8 Å². The summed E-state index contributed by atoms with van der Waals surface area (Å²) in [4.78, 5) is 17.2. The Balaban J connectivity index is 1.72. The first-order valence-electron chi connectivity index (χ1n) is 7.93. The average molecular weight is 525 g/mol. The van der Waals surface area contributed by atoms with E-state index in [4.69, 9.17) is 23.2 Å². The third-order valence-electron chi connectivity index (χ3n) is 3.92. The molecule has 0 aliphatic rings. The Bertz CT molecular complexity index is 1140. The molecule has 0 saturated carbocycles. The van der Waals surface area contributed by atoms with Crippen molar-refractivity contribution in [2.45, 2.75) is 0 Å². The number of halogens is 3. The fraction of sp³-hybridized carbons (Fsp3) is 0. The Morgan fingerprint density at radius 2 is 1.81 bits per heavy atom. The van der Waals surface area contributed by atoms with Crippen molar-refractivity contribution in [3.05, 3.63) is 79.8 Å². The van der Waals surface area contributed by atoms with Gasteiger partial charge in [0, 0.05) is 14.7 Å². The van der Waals surface area contributed by atoms with Gasteiger partial charge < -0.3 is 5.32 Å². The van der Waals surface area contributed by atoms with E-state index in [2.05, 4.69) is 32.9 Å². The number of carbonyl (C=O) groups is 1. The second-order valence-electron chi connectivity index (χ2n) is 5.76. The van der Waals surface area contributed by atoms with Gasteiger partial charge in [-0.3, -0.25) is 4.79 Å². The number of amides is 1. The first kappa shape index (κ1) is 18.7. The summed E-state index contributed by atoms with van der Waals surface area (Å²) >= 11 is 16.4. The molecule has 1 heterocycles. The molecule has 0 aliphatic heterocycles. The lowest BCUT2D eigenvalue weighted by Crippen LogP contribution is -2.12. The van der Waals surface area contributed by atoms with Crippen molar-refractivity contribution in [2.75, 3.05) is 5.32 Å². The largest absolute Gasteiger partial charge is 0.321 e. The van der Waals surface area contributed by atoms with E-state index in [0.29, 0.717) is 21.3 Å². The minimum atomic E-state index is -0.229. The van der Waals surface area contributed by atoms with Crippen LogP contribution in [0.3, 0.4) is 0 Å². The molecule has 4 rings (SSSR count). The molecule has 1 aromatic heterocycles. The number of rotatable bonds is 3. The zero-order valence-electron chi connectivity index (χ0n) is 13.7. The van der Waals surface area contributed by atoms with E-state index in [0.717, 1.165) is 24.4 Å². The maximum atomic E-state index is 12.6. The van der Waals surface area contributed by atoms with Crippen molar-refractivity contribution in [3.63, 3.8) is 0 Å². The van der Waals surface area contributed by atoms with Crippen LogP contribution >= 0.6 is 57.1 Å². The molecule has 0 fully saturated rings. The quantitative estimate of drug-likeness (QED) is 0.290. The predicted octanol–water partition coefficient (Wildman–Crippen LogP) is 7.13. The van der Waals surface area contributed by atoms with Crippen LogP contribution < -0.4 is 5.32 Å². The van der Waals surface area contributed by atoms with Gasteiger partial charge in [-0.05, 0) is 65.1 Å². The Morgan fingerprint density at radius 1 is 1.00 bits per heavy atom. The molecule has 0 bridgehead atoms. The summed E-state index contributed by atoms with van der Waals surface area (Å²) in [6.45, 7) is 0. The molecule has 0 atom stereocenters. The van der Waals surface area contributed by atoms with E-state index in [1.54, 1.807) is 29.5 Å². The first-order valence-corrected chi connectivity index (χ1v) is 10.6. The maximum Gasteiger partial charge on any atom is 0.255 e. The number of carbonyl (C=O) groups excluding carboxylic acids is 1. The molecule has 4 aromatic rings. The van der Waals surface area contributed by atoms with Crippen LogP contribution in [0.2, 0.25) is 10.0 Å². The van der Waals surface area contributed by atoms with Gasteiger partial charge in [-0.15, -0.1) is 11.3 Å². The number of hydrogen-bond donors (Lipinski definition) is 1. The minimum Gasteiger partial charge on any atom is -0.321 e. The first-order chi connectivity index (χ1) is 13.0. The van der Waals surface area contributed by atoms with Gasteiger partial charge in [0.05, 0.1) is 25.9 Å². The van der Waals surface area contributed by atoms with Crippen molar-refractivity contribution in [3.8, 4) is 10.6 Å². The smallest absolute Gasteiger partial charge is 0.255 e. The average Bonchev–Trinajstić information content (AvgIpc) is 3.07. The van der Waals surface area contributed by atoms with Crippen molar-refractivity contribution < 1.29 is 4.79 Å². The number of nitrogens with one attached hydrogen (secondary N) is 1. The van der Waals surface area contributed by atoms with Crippen molar-refractivity contribution in [2.24, 2.45) is 0 Å². The van der Waals surface area contributed by atoms with Crippen LogP contribution in [0.1, 0.15) is 10.4 Å². The van der Waals surface area contributed by atoms with Gasteiger partial charge in [-0.1, -0.05) is 41.4 Å². The molecular formula is C20H11Cl2IN2OS. The summed E-state index contributed by atoms with van der Waals surface area (Å²) in [7, 11) is 0. The molecule has 0 spiro atoms. The van der Waals surface area contributed by atoms with Crippen molar-refractivity contribution in [1.82, 2.24) is 4.98 Å². The highest BCUT2D eigenvalue weighted by molar-refractivity contribution is 14.1. The number of anilines is 1. The summed E-state index contributed by atoms with van der Waals surface area (Å²) < 4.78 is 2.06. The standard InChI is InChI=1S/C20H11Cl2IN2OS/c21-14-10-15(22)17(24-19(26)11-4-3-5-12(23)8-11)9-13(14)20-25-16-6-1-2-7-18(16)27-20/h1-10H,(H,24,26). The number of para-hydroxylation sites is 1. The van der Waals surface area contributed by atoms with Gasteiger partial charge >= 0.3 is 0 Å². The lowest BCUT2D eigenvalue weighted by atomic mass is 10.1. The lowest BCUT2D eigenvalue weighted by molar-refractivity contribution is 0.102. The van der Waals surface area contributed by atoms with Crippen LogP contribution in [0, 0.1) is 3.57 Å². The third-order valence-corrected chi connectivity index (χ3v) is 6.28. The number of hydrogen-bond acceptors (Lipinski definition) is 3. The van der Waals surface area contributed by atoms with Crippen LogP contribution in [0.4, 0.5) is 5.69 Å². The van der Waals surface area contributed by atoms with E-state index in [-0.39, 0.29) is 5.91 Å². The normalized spacial score (nSPS) is 10.9. The minimum absolute atomic E-state index is 0.229. The van der Waals surface area contributed by atoms with Gasteiger partial charge in [-0.25, -0.2) is 4.98 Å². The molecule has 0 aliphatic carbocycles. The molecule has 0 saturated heterocycles. The zero-order valence-corrected chi connectivity index (χ0v) is 18.2. The van der Waals surface area contributed by atoms with Crippen LogP contribution in [-0.4, -0.2) is 10.9 Å². The second-order valence-corrected chi connectivity index (χ2v) is 8.85. The highest BCUT2D eigenvalue weighted by Crippen LogP contribution is 2.39. The molecule has 0 radical (unpaired) electrons. The Labute approximate surface area is 183 Å². The fourth-order valence-corrected chi connectivity index (χ4v) is 4.74. The molecule has 3 aromatic carbocycles. The molecule has 3 nitrogen and oxygen atoms in total. The summed E-state index contributed by atoms with van der Waals surface area (Å²) in [5.74, 6) is -0.229. The number of thiazole rings is 1. The van der Waals surface area contributed by atoms with Crippen molar-refractivity contribution >= 4 is 78.9 Å². The molecule has 0 unspecified atom stereocenters. The Hall–Kier alpha value is -1.67. The number of nitrogens with zero attached hydrogens (tertiary/aromatic N) is 1. The summed E-state index contributed by atoms with van der Waals surface area (Å²) in [5.41, 5.74) is 2.71. The Morgan fingerprint density at radius 3 is 2.59 bits per heavy atom. The Kier molecular flexibility index (Phi) is 5.36. The van der Waals surface area contributed by atoms with E-state index < -0.39 is 0 Å². The maximum absolute atomic E-state index is 12.6. The monoisotopic (exact) mass is 524 g/mol. The summed E-state index contributed by atoms with van der Waals surface area (Å²) in [6, 6.07) is 18.6. The zero-order chi connectivity index (χ0) is 19.0. The SMILES string of the molecule is O=C(Nc1cc(-c2nc3ccccc3s2)c(Cl)cc1Cl)c1cccc(I)c1. The van der Waals surface area contributed by atoms with E-state index in [1.165, 1.54) is 0 Å². The van der Waals surface area contributed by atoms with Gasteiger partial charge in [0.1, 0.15) is 5.01 Å². The molecule has 1 amide bonds. The van der Waals surface area contributed by atoms with Crippen LogP contribution in [0.5, 0.6) is 0 Å². The second kappa shape index (κ2) is 7.75. The molecule has 134 valence electrons. The van der Waals surface area contributed by atoms with Gasteiger partial charge in [0.15, 0.2) is 0 Å². The van der Waals surface area contributed by atoms with E-state index in [1.807, 2.05) is 42.5 Å². The summed E-state index contributed by atoms with van der Waals surface area (Å²) in [6.07, 6.45) is 0. The lowest BCUT2D eigenvalue weighted by Gasteiger charge is -2.10. The number of fused-ring (bicyclic) bond motifs is 1. The molecule has 7 heteroatoms. The highest BCUT2D eigenvalue weighted by atomic mass is 127. The number of benzene rings is 3. The fourth-order valence-electron chi connectivity index (χ4n) is 2.62. The predicted molar refractivity (Wildman–Crippen MR) is 122 cm³/mol. The van der Waals surface area contributed by atoms with Gasteiger partial charge in [-0.2, -0.15) is 0 Å². The van der Waals surface area contributed by atoms with Crippen molar-refractivity contribution in [1.29, 1.82) is 0 Å². The van der Waals surface area contributed by atoms with Crippen LogP contribution in [0.15, 0.2) is 60.7 Å². The summed E-state index contributed by atoms with van der Waals surface area (Å²) in [5, 5.41) is 4.52. The van der Waals surface area contributed by atoms with E-state index in [9.17, 15) is 4.79 Å². The van der Waals surface area contributed by atoms with E-state index >= 15 is 0 Å². The highest BCUT2D eigenvalue weighted by Gasteiger charge is 2.15. The molecule has 1 N–H and O–H groups in total. The molecular weight excluding hydrogens is 514 g/mol. The van der Waals surface area contributed by atoms with Gasteiger partial charge in [0.2, 0.25) is 0 Å². The van der Waals surface area contributed by atoms with Gasteiger partial charge in [0.25, 0.3) is 5.91 Å². The molecule has 27 heavy (non-hydrogen) atoms. The van der Waals surface area contributed by atoms with Crippen LogP contribution in [-0.2, 0) is 0 Å². The third kappa shape index (κ3) is 3.96.